The number of ether oxygens (including phenoxy) is 1. The monoisotopic (exact) mass is 482 g/mol. The molecule has 3 aromatic rings. The Morgan fingerprint density at radius 3 is 2.63 bits per heavy atom. The molecule has 138 valence electrons. The van der Waals surface area contributed by atoms with Crippen LogP contribution in [-0.4, -0.2) is 17.6 Å². The van der Waals surface area contributed by atoms with Crippen molar-refractivity contribution in [2.24, 2.45) is 0 Å². The number of nitrogens with one attached hydrogen (secondary N) is 2. The van der Waals surface area contributed by atoms with Gasteiger partial charge in [-0.3, -0.25) is 10.1 Å². The van der Waals surface area contributed by atoms with Gasteiger partial charge in [0.25, 0.3) is 5.91 Å². The van der Waals surface area contributed by atoms with E-state index in [0.29, 0.717) is 21.5 Å². The second kappa shape index (κ2) is 8.89. The van der Waals surface area contributed by atoms with Crippen LogP contribution in [0.4, 0.5) is 5.69 Å². The SMILES string of the molecule is O=C(COc1ccc2ccccc2c1Br)NC(=S)Nc1ccc(Cl)c(Cl)c1. The number of thiocarbonyl (C=S) groups is 1. The Morgan fingerprint density at radius 1 is 1.07 bits per heavy atom. The van der Waals surface area contributed by atoms with E-state index in [1.54, 1.807) is 18.2 Å². The third-order valence-electron chi connectivity index (χ3n) is 3.62. The van der Waals surface area contributed by atoms with Crippen LogP contribution in [0.1, 0.15) is 0 Å². The molecule has 0 aliphatic heterocycles. The fourth-order valence-electron chi connectivity index (χ4n) is 2.37. The average Bonchev–Trinajstić information content (AvgIpc) is 2.64. The number of rotatable bonds is 4. The lowest BCUT2D eigenvalue weighted by molar-refractivity contribution is -0.121. The molecule has 27 heavy (non-hydrogen) atoms. The molecule has 0 radical (unpaired) electrons. The highest BCUT2D eigenvalue weighted by Crippen LogP contribution is 2.33. The molecule has 0 spiro atoms. The number of halogens is 3. The van der Waals surface area contributed by atoms with Crippen molar-refractivity contribution < 1.29 is 9.53 Å². The Bertz CT molecular complexity index is 1030. The molecule has 1 amide bonds. The first-order chi connectivity index (χ1) is 12.9. The zero-order chi connectivity index (χ0) is 19.4. The lowest BCUT2D eigenvalue weighted by Crippen LogP contribution is -2.37. The number of amides is 1. The summed E-state index contributed by atoms with van der Waals surface area (Å²) in [5, 5.41) is 8.47. The maximum atomic E-state index is 12.1. The maximum absolute atomic E-state index is 12.1. The number of hydrogen-bond acceptors (Lipinski definition) is 3. The van der Waals surface area contributed by atoms with Gasteiger partial charge in [0.1, 0.15) is 5.75 Å². The molecule has 4 nitrogen and oxygen atoms in total. The molecule has 3 aromatic carbocycles. The van der Waals surface area contributed by atoms with Gasteiger partial charge < -0.3 is 10.1 Å². The minimum absolute atomic E-state index is 0.138. The molecular weight excluding hydrogens is 471 g/mol. The van der Waals surface area contributed by atoms with Gasteiger partial charge in [-0.15, -0.1) is 0 Å². The summed E-state index contributed by atoms with van der Waals surface area (Å²) in [5.74, 6) is 0.194. The van der Waals surface area contributed by atoms with Gasteiger partial charge in [-0.2, -0.15) is 0 Å². The van der Waals surface area contributed by atoms with E-state index in [4.69, 9.17) is 40.2 Å². The lowest BCUT2D eigenvalue weighted by Gasteiger charge is -2.12. The van der Waals surface area contributed by atoms with E-state index in [0.717, 1.165) is 15.2 Å². The van der Waals surface area contributed by atoms with Gasteiger partial charge in [-0.25, -0.2) is 0 Å². The smallest absolute Gasteiger partial charge is 0.264 e. The highest BCUT2D eigenvalue weighted by atomic mass is 79.9. The zero-order valence-corrected chi connectivity index (χ0v) is 17.7. The van der Waals surface area contributed by atoms with E-state index in [1.165, 1.54) is 0 Å². The molecule has 0 aliphatic rings. The third-order valence-corrected chi connectivity index (χ3v) is 5.38. The minimum Gasteiger partial charge on any atom is -0.483 e. The van der Waals surface area contributed by atoms with Crippen molar-refractivity contribution in [2.45, 2.75) is 0 Å². The van der Waals surface area contributed by atoms with Gasteiger partial charge in [0, 0.05) is 5.69 Å². The molecule has 0 saturated heterocycles. The Hall–Kier alpha value is -1.86. The summed E-state index contributed by atoms with van der Waals surface area (Å²) in [7, 11) is 0. The molecule has 0 heterocycles. The molecule has 8 heteroatoms. The first-order valence-corrected chi connectivity index (χ1v) is 9.75. The van der Waals surface area contributed by atoms with Crippen LogP contribution in [0.2, 0.25) is 10.0 Å². The van der Waals surface area contributed by atoms with Crippen LogP contribution >= 0.6 is 51.3 Å². The van der Waals surface area contributed by atoms with Crippen LogP contribution in [0.5, 0.6) is 5.75 Å². The molecule has 0 bridgehead atoms. The van der Waals surface area contributed by atoms with Crippen molar-refractivity contribution >= 4 is 78.8 Å². The molecule has 0 aliphatic carbocycles. The molecule has 2 N–H and O–H groups in total. The third kappa shape index (κ3) is 5.11. The highest BCUT2D eigenvalue weighted by molar-refractivity contribution is 9.10. The lowest BCUT2D eigenvalue weighted by atomic mass is 10.1. The Balaban J connectivity index is 1.57. The highest BCUT2D eigenvalue weighted by Gasteiger charge is 2.10. The van der Waals surface area contributed by atoms with Crippen LogP contribution < -0.4 is 15.4 Å². The number of carbonyl (C=O) groups excluding carboxylic acids is 1. The Morgan fingerprint density at radius 2 is 1.85 bits per heavy atom. The van der Waals surface area contributed by atoms with Gasteiger partial charge in [-0.05, 0) is 63.2 Å². The van der Waals surface area contributed by atoms with Crippen molar-refractivity contribution in [3.63, 3.8) is 0 Å². The second-order valence-electron chi connectivity index (χ2n) is 5.52. The fraction of sp³-hybridized carbons (Fsp3) is 0.0526. The van der Waals surface area contributed by atoms with Gasteiger partial charge >= 0.3 is 0 Å². The predicted octanol–water partition coefficient (Wildman–Crippen LogP) is 5.80. The minimum atomic E-state index is -0.382. The van der Waals surface area contributed by atoms with Crippen LogP contribution in [0.25, 0.3) is 10.8 Å². The van der Waals surface area contributed by atoms with Crippen LogP contribution in [0, 0.1) is 0 Å². The van der Waals surface area contributed by atoms with Crippen LogP contribution in [-0.2, 0) is 4.79 Å². The zero-order valence-electron chi connectivity index (χ0n) is 13.8. The number of anilines is 1. The van der Waals surface area contributed by atoms with Crippen molar-refractivity contribution in [3.8, 4) is 5.75 Å². The van der Waals surface area contributed by atoms with Gasteiger partial charge in [0.2, 0.25) is 0 Å². The molecule has 0 atom stereocenters. The molecular formula is C19H13BrCl2N2O2S. The van der Waals surface area contributed by atoms with E-state index in [-0.39, 0.29) is 17.6 Å². The number of benzene rings is 3. The van der Waals surface area contributed by atoms with E-state index >= 15 is 0 Å². The number of fused-ring (bicyclic) bond motifs is 1. The fourth-order valence-corrected chi connectivity index (χ4v) is 3.50. The number of carbonyl (C=O) groups is 1. The van der Waals surface area contributed by atoms with Crippen molar-refractivity contribution in [1.29, 1.82) is 0 Å². The van der Waals surface area contributed by atoms with Crippen LogP contribution in [0.15, 0.2) is 59.1 Å². The first-order valence-electron chi connectivity index (χ1n) is 7.80. The van der Waals surface area contributed by atoms with Gasteiger partial charge in [0.15, 0.2) is 11.7 Å². The normalized spacial score (nSPS) is 10.5. The Kier molecular flexibility index (Phi) is 6.55. The predicted molar refractivity (Wildman–Crippen MR) is 118 cm³/mol. The quantitative estimate of drug-likeness (QED) is 0.460. The van der Waals surface area contributed by atoms with E-state index < -0.39 is 0 Å². The molecule has 0 saturated carbocycles. The van der Waals surface area contributed by atoms with Gasteiger partial charge in [0.05, 0.1) is 14.5 Å². The van der Waals surface area contributed by atoms with E-state index in [1.807, 2.05) is 36.4 Å². The average molecular weight is 484 g/mol. The molecule has 0 aromatic heterocycles. The summed E-state index contributed by atoms with van der Waals surface area (Å²) in [6, 6.07) is 16.6. The molecule has 0 fully saturated rings. The largest absolute Gasteiger partial charge is 0.483 e. The van der Waals surface area contributed by atoms with Crippen LogP contribution in [0.3, 0.4) is 0 Å². The first kappa shape index (κ1) is 19.9. The van der Waals surface area contributed by atoms with Crippen molar-refractivity contribution in [2.75, 3.05) is 11.9 Å². The van der Waals surface area contributed by atoms with Crippen molar-refractivity contribution in [3.05, 3.63) is 69.1 Å². The van der Waals surface area contributed by atoms with E-state index in [9.17, 15) is 4.79 Å². The summed E-state index contributed by atoms with van der Waals surface area (Å²) in [4.78, 5) is 12.1. The summed E-state index contributed by atoms with van der Waals surface area (Å²) < 4.78 is 6.40. The van der Waals surface area contributed by atoms with Crippen molar-refractivity contribution in [1.82, 2.24) is 5.32 Å². The van der Waals surface area contributed by atoms with Gasteiger partial charge in [-0.1, -0.05) is 53.5 Å². The summed E-state index contributed by atoms with van der Waals surface area (Å²) in [6.45, 7) is -0.180. The summed E-state index contributed by atoms with van der Waals surface area (Å²) in [6.07, 6.45) is 0. The maximum Gasteiger partial charge on any atom is 0.264 e. The molecule has 0 unspecified atom stereocenters. The molecule has 3 rings (SSSR count). The number of hydrogen-bond donors (Lipinski definition) is 2. The summed E-state index contributed by atoms with van der Waals surface area (Å²) in [5.41, 5.74) is 0.618. The second-order valence-corrected chi connectivity index (χ2v) is 7.53. The van der Waals surface area contributed by atoms with E-state index in [2.05, 4.69) is 26.6 Å². The topological polar surface area (TPSA) is 50.4 Å². The Labute approximate surface area is 179 Å². The summed E-state index contributed by atoms with van der Waals surface area (Å²) >= 11 is 20.5. The standard InChI is InChI=1S/C19H13BrCl2N2O2S/c20-18-13-4-2-1-3-11(13)5-8-16(18)26-10-17(25)24-19(27)23-12-6-7-14(21)15(22)9-12/h1-9H,10H2,(H2,23,24,25,27).